The molecular formula is C19H19BrN2O2. The Morgan fingerprint density at radius 2 is 1.83 bits per heavy atom. The maximum atomic E-state index is 13.0. The third kappa shape index (κ3) is 2.80. The largest absolute Gasteiger partial charge is 0.496 e. The fourth-order valence-electron chi connectivity index (χ4n) is 2.83. The van der Waals surface area contributed by atoms with Crippen molar-refractivity contribution in [1.29, 1.82) is 0 Å². The fourth-order valence-corrected chi connectivity index (χ4v) is 3.44. The summed E-state index contributed by atoms with van der Waals surface area (Å²) in [5.41, 5.74) is 2.47. The van der Waals surface area contributed by atoms with Crippen LogP contribution >= 0.6 is 15.9 Å². The number of methoxy groups -OCH3 is 1. The van der Waals surface area contributed by atoms with Gasteiger partial charge in [-0.05, 0) is 35.0 Å². The van der Waals surface area contributed by atoms with E-state index in [1.807, 2.05) is 55.5 Å². The normalized spacial score (nSPS) is 12.2. The number of para-hydroxylation sites is 2. The number of aromatic nitrogens is 1. The smallest absolute Gasteiger partial charge is 0.271 e. The van der Waals surface area contributed by atoms with E-state index in [0.717, 1.165) is 26.7 Å². The molecule has 1 heterocycles. The van der Waals surface area contributed by atoms with Gasteiger partial charge >= 0.3 is 0 Å². The third-order valence-electron chi connectivity index (χ3n) is 4.35. The molecule has 0 saturated heterocycles. The highest BCUT2D eigenvalue weighted by Crippen LogP contribution is 2.32. The van der Waals surface area contributed by atoms with Crippen LogP contribution in [0.4, 0.5) is 0 Å². The summed E-state index contributed by atoms with van der Waals surface area (Å²) in [5, 5.41) is 0.999. The number of hydrogen-bond acceptors (Lipinski definition) is 2. The summed E-state index contributed by atoms with van der Waals surface area (Å²) >= 11 is 3.55. The molecule has 1 unspecified atom stereocenters. The van der Waals surface area contributed by atoms with Gasteiger partial charge in [-0.15, -0.1) is 0 Å². The van der Waals surface area contributed by atoms with Crippen molar-refractivity contribution in [2.75, 3.05) is 14.2 Å². The molecule has 1 aromatic heterocycles. The van der Waals surface area contributed by atoms with Crippen LogP contribution in [0.25, 0.3) is 10.9 Å². The van der Waals surface area contributed by atoms with E-state index in [0.29, 0.717) is 5.69 Å². The Balaban J connectivity index is 1.95. The topological polar surface area (TPSA) is 45.3 Å². The van der Waals surface area contributed by atoms with Crippen molar-refractivity contribution in [2.24, 2.45) is 0 Å². The molecule has 24 heavy (non-hydrogen) atoms. The Bertz CT molecular complexity index is 888. The lowest BCUT2D eigenvalue weighted by molar-refractivity contribution is 0.0735. The lowest BCUT2D eigenvalue weighted by Crippen LogP contribution is -2.30. The SMILES string of the molecule is COc1ccccc1C(C)N(C)C(=O)c1[nH]c2ccccc2c1Br. The van der Waals surface area contributed by atoms with E-state index in [9.17, 15) is 4.79 Å². The Morgan fingerprint density at radius 1 is 1.17 bits per heavy atom. The van der Waals surface area contributed by atoms with Gasteiger partial charge in [0.1, 0.15) is 11.4 Å². The van der Waals surface area contributed by atoms with Crippen molar-refractivity contribution in [3.63, 3.8) is 0 Å². The van der Waals surface area contributed by atoms with Gasteiger partial charge in [0.15, 0.2) is 0 Å². The molecule has 0 spiro atoms. The molecule has 0 aliphatic rings. The standard InChI is InChI=1S/C19H19BrN2O2/c1-12(13-8-5-7-11-16(13)24-3)22(2)19(23)18-17(20)14-9-4-6-10-15(14)21-18/h4-12,21H,1-3H3. The minimum absolute atomic E-state index is 0.0727. The van der Waals surface area contributed by atoms with Gasteiger partial charge in [0.2, 0.25) is 0 Å². The molecule has 4 nitrogen and oxygen atoms in total. The van der Waals surface area contributed by atoms with Crippen LogP contribution in [0.15, 0.2) is 53.0 Å². The molecule has 1 amide bonds. The minimum atomic E-state index is -0.119. The third-order valence-corrected chi connectivity index (χ3v) is 5.17. The van der Waals surface area contributed by atoms with Gasteiger partial charge in [0, 0.05) is 23.5 Å². The zero-order valence-electron chi connectivity index (χ0n) is 13.8. The summed E-state index contributed by atoms with van der Waals surface area (Å²) in [7, 11) is 3.44. The van der Waals surface area contributed by atoms with Gasteiger partial charge in [-0.3, -0.25) is 4.79 Å². The van der Waals surface area contributed by atoms with Crippen molar-refractivity contribution < 1.29 is 9.53 Å². The number of ether oxygens (including phenoxy) is 1. The van der Waals surface area contributed by atoms with Crippen LogP contribution < -0.4 is 4.74 Å². The van der Waals surface area contributed by atoms with Crippen LogP contribution in [-0.4, -0.2) is 29.9 Å². The molecule has 0 bridgehead atoms. The summed E-state index contributed by atoms with van der Waals surface area (Å²) in [4.78, 5) is 17.9. The number of halogens is 1. The average molecular weight is 387 g/mol. The van der Waals surface area contributed by atoms with Gasteiger partial charge in [-0.1, -0.05) is 36.4 Å². The van der Waals surface area contributed by atoms with Crippen molar-refractivity contribution in [2.45, 2.75) is 13.0 Å². The molecule has 3 aromatic rings. The van der Waals surface area contributed by atoms with E-state index in [4.69, 9.17) is 4.74 Å². The van der Waals surface area contributed by atoms with Gasteiger partial charge < -0.3 is 14.6 Å². The summed E-state index contributed by atoms with van der Waals surface area (Å²) in [6.45, 7) is 1.99. The number of carbonyl (C=O) groups excluding carboxylic acids is 1. The lowest BCUT2D eigenvalue weighted by atomic mass is 10.1. The Labute approximate surface area is 149 Å². The lowest BCUT2D eigenvalue weighted by Gasteiger charge is -2.26. The maximum Gasteiger partial charge on any atom is 0.271 e. The fraction of sp³-hybridized carbons (Fsp3) is 0.211. The number of nitrogens with zero attached hydrogens (tertiary/aromatic N) is 1. The molecule has 0 aliphatic heterocycles. The molecule has 2 aromatic carbocycles. The second-order valence-corrected chi connectivity index (χ2v) is 6.49. The number of aromatic amines is 1. The van der Waals surface area contributed by atoms with Crippen LogP contribution in [0.2, 0.25) is 0 Å². The highest BCUT2D eigenvalue weighted by Gasteiger charge is 2.25. The van der Waals surface area contributed by atoms with Gasteiger partial charge in [-0.2, -0.15) is 0 Å². The molecule has 1 atom stereocenters. The second kappa shape index (κ2) is 6.69. The van der Waals surface area contributed by atoms with Crippen molar-refractivity contribution in [1.82, 2.24) is 9.88 Å². The highest BCUT2D eigenvalue weighted by molar-refractivity contribution is 9.10. The minimum Gasteiger partial charge on any atom is -0.496 e. The number of rotatable bonds is 4. The van der Waals surface area contributed by atoms with Crippen LogP contribution in [-0.2, 0) is 0 Å². The number of H-pyrrole nitrogens is 1. The van der Waals surface area contributed by atoms with Crippen LogP contribution in [0.1, 0.15) is 29.0 Å². The maximum absolute atomic E-state index is 13.0. The number of benzene rings is 2. The highest BCUT2D eigenvalue weighted by atomic mass is 79.9. The Morgan fingerprint density at radius 3 is 2.54 bits per heavy atom. The van der Waals surface area contributed by atoms with E-state index >= 15 is 0 Å². The predicted octanol–water partition coefficient (Wildman–Crippen LogP) is 4.77. The molecule has 0 saturated carbocycles. The van der Waals surface area contributed by atoms with E-state index in [1.54, 1.807) is 19.1 Å². The monoisotopic (exact) mass is 386 g/mol. The van der Waals surface area contributed by atoms with E-state index in [-0.39, 0.29) is 11.9 Å². The Hall–Kier alpha value is -2.27. The molecule has 0 aliphatic carbocycles. The van der Waals surface area contributed by atoms with E-state index < -0.39 is 0 Å². The first-order valence-electron chi connectivity index (χ1n) is 7.71. The molecular weight excluding hydrogens is 368 g/mol. The van der Waals surface area contributed by atoms with E-state index in [1.165, 1.54) is 0 Å². The number of hydrogen-bond donors (Lipinski definition) is 1. The van der Waals surface area contributed by atoms with Crippen LogP contribution in [0.5, 0.6) is 5.75 Å². The van der Waals surface area contributed by atoms with E-state index in [2.05, 4.69) is 20.9 Å². The summed E-state index contributed by atoms with van der Waals surface area (Å²) in [6.07, 6.45) is 0. The zero-order chi connectivity index (χ0) is 17.3. The zero-order valence-corrected chi connectivity index (χ0v) is 15.4. The molecule has 1 N–H and O–H groups in total. The Kier molecular flexibility index (Phi) is 4.62. The second-order valence-electron chi connectivity index (χ2n) is 5.69. The number of nitrogens with one attached hydrogen (secondary N) is 1. The quantitative estimate of drug-likeness (QED) is 0.701. The van der Waals surface area contributed by atoms with Crippen molar-refractivity contribution >= 4 is 32.7 Å². The van der Waals surface area contributed by atoms with Gasteiger partial charge in [0.05, 0.1) is 17.6 Å². The number of carbonyl (C=O) groups is 1. The van der Waals surface area contributed by atoms with Gasteiger partial charge in [0.25, 0.3) is 5.91 Å². The molecule has 0 fully saturated rings. The number of amides is 1. The summed E-state index contributed by atoms with van der Waals surface area (Å²) in [5.74, 6) is 0.705. The molecule has 5 heteroatoms. The van der Waals surface area contributed by atoms with Crippen molar-refractivity contribution in [3.05, 3.63) is 64.3 Å². The average Bonchev–Trinajstić information content (AvgIpc) is 2.97. The predicted molar refractivity (Wildman–Crippen MR) is 99.5 cm³/mol. The van der Waals surface area contributed by atoms with Crippen molar-refractivity contribution in [3.8, 4) is 5.75 Å². The van der Waals surface area contributed by atoms with Crippen LogP contribution in [0, 0.1) is 0 Å². The first kappa shape index (κ1) is 16.6. The first-order valence-corrected chi connectivity index (χ1v) is 8.50. The molecule has 0 radical (unpaired) electrons. The summed E-state index contributed by atoms with van der Waals surface area (Å²) in [6, 6.07) is 15.5. The molecule has 124 valence electrons. The van der Waals surface area contributed by atoms with Gasteiger partial charge in [-0.25, -0.2) is 0 Å². The molecule has 3 rings (SSSR count). The first-order chi connectivity index (χ1) is 11.5. The summed E-state index contributed by atoms with van der Waals surface area (Å²) < 4.78 is 6.21. The van der Waals surface area contributed by atoms with Crippen LogP contribution in [0.3, 0.4) is 0 Å². The number of fused-ring (bicyclic) bond motifs is 1.